The van der Waals surface area contributed by atoms with Crippen LogP contribution in [0.3, 0.4) is 0 Å². The summed E-state index contributed by atoms with van der Waals surface area (Å²) in [6, 6.07) is 4.97. The van der Waals surface area contributed by atoms with Crippen LogP contribution in [-0.4, -0.2) is 19.6 Å². The molecule has 0 aliphatic heterocycles. The molecule has 0 unspecified atom stereocenters. The zero-order valence-electron chi connectivity index (χ0n) is 12.7. The van der Waals surface area contributed by atoms with Gasteiger partial charge in [-0.05, 0) is 43.7 Å². The second-order valence-corrected chi connectivity index (χ2v) is 5.71. The second kappa shape index (κ2) is 8.10. The van der Waals surface area contributed by atoms with E-state index in [2.05, 4.69) is 18.8 Å². The van der Waals surface area contributed by atoms with Gasteiger partial charge >= 0.3 is 0 Å². The van der Waals surface area contributed by atoms with Crippen LogP contribution >= 0.6 is 11.8 Å². The molecule has 1 aromatic rings. The Balaban J connectivity index is 3.31. The summed E-state index contributed by atoms with van der Waals surface area (Å²) in [5.74, 6) is 0.421. The van der Waals surface area contributed by atoms with E-state index in [1.165, 1.54) is 18.1 Å². The summed E-state index contributed by atoms with van der Waals surface area (Å²) in [4.78, 5) is 5.61. The van der Waals surface area contributed by atoms with Gasteiger partial charge in [0.15, 0.2) is 11.6 Å². The third-order valence-corrected chi connectivity index (χ3v) is 3.64. The van der Waals surface area contributed by atoms with E-state index in [1.807, 2.05) is 19.2 Å². The standard InChI is InChI=1S/C16H22FNOS/c1-6-18-16(15(20-5)9-11(2)3)12-7-8-14(19-4)13(17)10-12/h6-8,10-11H,9H2,1-5H3/b16-15-,18-6+. The molecule has 0 amide bonds. The van der Waals surface area contributed by atoms with Crippen molar-refractivity contribution in [3.63, 3.8) is 0 Å². The number of hydrogen-bond acceptors (Lipinski definition) is 3. The Morgan fingerprint density at radius 3 is 2.60 bits per heavy atom. The highest BCUT2D eigenvalue weighted by Crippen LogP contribution is 2.33. The van der Waals surface area contributed by atoms with Gasteiger partial charge in [0.25, 0.3) is 0 Å². The second-order valence-electron chi connectivity index (χ2n) is 4.81. The van der Waals surface area contributed by atoms with Gasteiger partial charge in [-0.3, -0.25) is 4.99 Å². The molecule has 0 saturated heterocycles. The SMILES string of the molecule is C/C=N/C(=C(/CC(C)C)SC)c1ccc(OC)c(F)c1. The van der Waals surface area contributed by atoms with Crippen LogP contribution < -0.4 is 4.74 Å². The van der Waals surface area contributed by atoms with Crippen LogP contribution in [0.4, 0.5) is 4.39 Å². The van der Waals surface area contributed by atoms with Gasteiger partial charge in [-0.25, -0.2) is 4.39 Å². The van der Waals surface area contributed by atoms with Crippen molar-refractivity contribution in [3.8, 4) is 5.75 Å². The van der Waals surface area contributed by atoms with E-state index in [4.69, 9.17) is 4.74 Å². The minimum Gasteiger partial charge on any atom is -0.494 e. The van der Waals surface area contributed by atoms with Gasteiger partial charge in [0, 0.05) is 16.7 Å². The highest BCUT2D eigenvalue weighted by Gasteiger charge is 2.12. The number of hydrogen-bond donors (Lipinski definition) is 0. The van der Waals surface area contributed by atoms with E-state index < -0.39 is 0 Å². The molecular formula is C16H22FNOS. The lowest BCUT2D eigenvalue weighted by atomic mass is 10.1. The molecule has 0 heterocycles. The highest BCUT2D eigenvalue weighted by molar-refractivity contribution is 8.02. The smallest absolute Gasteiger partial charge is 0.165 e. The Bertz CT molecular complexity index is 509. The van der Waals surface area contributed by atoms with Crippen LogP contribution in [0.15, 0.2) is 28.1 Å². The molecule has 0 aliphatic carbocycles. The fourth-order valence-corrected chi connectivity index (χ4v) is 2.76. The maximum atomic E-state index is 13.9. The van der Waals surface area contributed by atoms with Crippen molar-refractivity contribution in [3.05, 3.63) is 34.5 Å². The van der Waals surface area contributed by atoms with Crippen molar-refractivity contribution in [1.82, 2.24) is 0 Å². The maximum absolute atomic E-state index is 13.9. The normalized spacial score (nSPS) is 12.9. The Labute approximate surface area is 125 Å². The van der Waals surface area contributed by atoms with Crippen molar-refractivity contribution in [2.45, 2.75) is 27.2 Å². The molecule has 0 N–H and O–H groups in total. The number of benzene rings is 1. The Kier molecular flexibility index (Phi) is 6.79. The van der Waals surface area contributed by atoms with Gasteiger partial charge < -0.3 is 4.74 Å². The molecule has 1 aromatic carbocycles. The predicted octanol–water partition coefficient (Wildman–Crippen LogP) is 5.00. The molecule has 0 fully saturated rings. The lowest BCUT2D eigenvalue weighted by molar-refractivity contribution is 0.386. The first-order valence-electron chi connectivity index (χ1n) is 6.63. The Morgan fingerprint density at radius 1 is 1.45 bits per heavy atom. The van der Waals surface area contributed by atoms with Crippen LogP contribution in [0, 0.1) is 11.7 Å². The van der Waals surface area contributed by atoms with Crippen molar-refractivity contribution in [2.75, 3.05) is 13.4 Å². The number of halogens is 1. The molecule has 0 saturated carbocycles. The topological polar surface area (TPSA) is 21.6 Å². The van der Waals surface area contributed by atoms with Crippen molar-refractivity contribution >= 4 is 23.7 Å². The lowest BCUT2D eigenvalue weighted by Gasteiger charge is -2.13. The van der Waals surface area contributed by atoms with Crippen LogP contribution in [0.5, 0.6) is 5.75 Å². The van der Waals surface area contributed by atoms with E-state index in [0.717, 1.165) is 17.7 Å². The van der Waals surface area contributed by atoms with E-state index in [0.29, 0.717) is 5.92 Å². The fraction of sp³-hybridized carbons (Fsp3) is 0.438. The summed E-state index contributed by atoms with van der Waals surface area (Å²) in [6.45, 7) is 6.20. The van der Waals surface area contributed by atoms with Crippen LogP contribution in [-0.2, 0) is 0 Å². The molecule has 0 atom stereocenters. The molecule has 0 bridgehead atoms. The summed E-state index contributed by atoms with van der Waals surface area (Å²) in [5.41, 5.74) is 1.63. The number of aliphatic imine (C=N–C) groups is 1. The first kappa shape index (κ1) is 16.8. The van der Waals surface area contributed by atoms with Crippen LogP contribution in [0.2, 0.25) is 0 Å². The number of ether oxygens (including phenoxy) is 1. The zero-order chi connectivity index (χ0) is 15.1. The van der Waals surface area contributed by atoms with Gasteiger partial charge in [0.1, 0.15) is 0 Å². The van der Waals surface area contributed by atoms with Gasteiger partial charge in [-0.15, -0.1) is 11.8 Å². The van der Waals surface area contributed by atoms with Crippen LogP contribution in [0.1, 0.15) is 32.8 Å². The van der Waals surface area contributed by atoms with E-state index in [-0.39, 0.29) is 11.6 Å². The van der Waals surface area contributed by atoms with Gasteiger partial charge in [-0.2, -0.15) is 0 Å². The number of allylic oxidation sites excluding steroid dienone is 1. The molecule has 0 aromatic heterocycles. The highest BCUT2D eigenvalue weighted by atomic mass is 32.2. The minimum atomic E-state index is -0.362. The van der Waals surface area contributed by atoms with Gasteiger partial charge in [0.05, 0.1) is 12.8 Å². The summed E-state index contributed by atoms with van der Waals surface area (Å²) < 4.78 is 18.8. The third kappa shape index (κ3) is 4.37. The van der Waals surface area contributed by atoms with Gasteiger partial charge in [0.2, 0.25) is 0 Å². The number of thioether (sulfide) groups is 1. The zero-order valence-corrected chi connectivity index (χ0v) is 13.6. The summed E-state index contributed by atoms with van der Waals surface area (Å²) in [7, 11) is 1.46. The van der Waals surface area contributed by atoms with Crippen molar-refractivity contribution in [1.29, 1.82) is 0 Å². The average molecular weight is 295 g/mol. The number of nitrogens with zero attached hydrogens (tertiary/aromatic N) is 1. The third-order valence-electron chi connectivity index (χ3n) is 2.79. The molecule has 0 radical (unpaired) electrons. The first-order valence-corrected chi connectivity index (χ1v) is 7.85. The lowest BCUT2D eigenvalue weighted by Crippen LogP contribution is -1.95. The first-order chi connectivity index (χ1) is 9.53. The minimum absolute atomic E-state index is 0.253. The van der Waals surface area contributed by atoms with Crippen LogP contribution in [0.25, 0.3) is 5.70 Å². The van der Waals surface area contributed by atoms with Crippen molar-refractivity contribution < 1.29 is 9.13 Å². The van der Waals surface area contributed by atoms with E-state index in [1.54, 1.807) is 24.0 Å². The molecule has 20 heavy (non-hydrogen) atoms. The van der Waals surface area contributed by atoms with Crippen molar-refractivity contribution in [2.24, 2.45) is 10.9 Å². The molecule has 0 aliphatic rings. The largest absolute Gasteiger partial charge is 0.494 e. The van der Waals surface area contributed by atoms with Gasteiger partial charge in [-0.1, -0.05) is 13.8 Å². The number of rotatable bonds is 6. The Hall–Kier alpha value is -1.29. The quantitative estimate of drug-likeness (QED) is 0.689. The summed E-state index contributed by atoms with van der Waals surface area (Å²) in [6.07, 6.45) is 4.71. The molecule has 110 valence electrons. The summed E-state index contributed by atoms with van der Waals surface area (Å²) >= 11 is 1.67. The summed E-state index contributed by atoms with van der Waals surface area (Å²) in [5, 5.41) is 0. The molecule has 2 nitrogen and oxygen atoms in total. The average Bonchev–Trinajstić information content (AvgIpc) is 2.42. The van der Waals surface area contributed by atoms with E-state index >= 15 is 0 Å². The molecular weight excluding hydrogens is 273 g/mol. The molecule has 1 rings (SSSR count). The number of methoxy groups -OCH3 is 1. The Morgan fingerprint density at radius 2 is 2.15 bits per heavy atom. The monoisotopic (exact) mass is 295 g/mol. The van der Waals surface area contributed by atoms with E-state index in [9.17, 15) is 4.39 Å². The molecule has 0 spiro atoms. The maximum Gasteiger partial charge on any atom is 0.165 e. The fourth-order valence-electron chi connectivity index (χ4n) is 1.90. The molecule has 4 heteroatoms. The predicted molar refractivity (Wildman–Crippen MR) is 87.0 cm³/mol.